The third-order valence-electron chi connectivity index (χ3n) is 2.00. The van der Waals surface area contributed by atoms with Crippen molar-refractivity contribution in [3.8, 4) is 11.3 Å². The molecule has 0 saturated carbocycles. The number of benzene rings is 1. The number of hydrogen-bond donors (Lipinski definition) is 2. The number of anilines is 1. The first kappa shape index (κ1) is 9.09. The Morgan fingerprint density at radius 2 is 1.93 bits per heavy atom. The van der Waals surface area contributed by atoms with Gasteiger partial charge in [-0.1, -0.05) is 41.4 Å². The lowest BCUT2D eigenvalue weighted by molar-refractivity contribution is 1.32. The predicted octanol–water partition coefficient (Wildman–Crippen LogP) is 2.62. The molecule has 0 radical (unpaired) electrons. The first-order valence-corrected chi connectivity index (χ1v) is 4.62. The summed E-state index contributed by atoms with van der Waals surface area (Å²) in [5, 5.41) is 0.478. The summed E-state index contributed by atoms with van der Waals surface area (Å²) in [4.78, 5) is 6.85. The lowest BCUT2D eigenvalue weighted by atomic mass is 10.1. The average molecular weight is 208 g/mol. The van der Waals surface area contributed by atoms with Crippen molar-refractivity contribution in [3.63, 3.8) is 0 Å². The highest BCUT2D eigenvalue weighted by atomic mass is 35.5. The SMILES string of the molecule is Cc1ccc(-c2nc(N)[nH]c2Cl)cc1. The number of hydrogen-bond acceptors (Lipinski definition) is 2. The first-order valence-electron chi connectivity index (χ1n) is 4.25. The molecule has 72 valence electrons. The monoisotopic (exact) mass is 207 g/mol. The Bertz CT molecular complexity index is 445. The molecule has 0 atom stereocenters. The molecule has 0 aliphatic rings. The van der Waals surface area contributed by atoms with Gasteiger partial charge in [0.1, 0.15) is 10.8 Å². The van der Waals surface area contributed by atoms with Crippen molar-refractivity contribution < 1.29 is 0 Å². The van der Waals surface area contributed by atoms with Gasteiger partial charge in [0, 0.05) is 5.56 Å². The molecule has 0 aliphatic carbocycles. The van der Waals surface area contributed by atoms with Crippen LogP contribution in [0.2, 0.25) is 5.15 Å². The van der Waals surface area contributed by atoms with Gasteiger partial charge in [0.15, 0.2) is 5.95 Å². The zero-order valence-electron chi connectivity index (χ0n) is 7.71. The minimum atomic E-state index is 0.338. The Balaban J connectivity index is 2.49. The number of imidazole rings is 1. The van der Waals surface area contributed by atoms with Gasteiger partial charge in [-0.25, -0.2) is 4.98 Å². The van der Waals surface area contributed by atoms with Gasteiger partial charge in [0.05, 0.1) is 0 Å². The van der Waals surface area contributed by atoms with Gasteiger partial charge in [-0.15, -0.1) is 0 Å². The molecule has 0 amide bonds. The lowest BCUT2D eigenvalue weighted by Gasteiger charge is -1.97. The van der Waals surface area contributed by atoms with Gasteiger partial charge in [-0.3, -0.25) is 0 Å². The van der Waals surface area contributed by atoms with Crippen LogP contribution in [0.4, 0.5) is 5.95 Å². The number of nitrogen functional groups attached to an aromatic ring is 1. The minimum Gasteiger partial charge on any atom is -0.369 e. The van der Waals surface area contributed by atoms with E-state index in [1.165, 1.54) is 5.56 Å². The second-order valence-corrected chi connectivity index (χ2v) is 3.53. The van der Waals surface area contributed by atoms with Gasteiger partial charge in [-0.05, 0) is 6.92 Å². The summed E-state index contributed by atoms with van der Waals surface area (Å²) in [6.45, 7) is 2.03. The van der Waals surface area contributed by atoms with Crippen LogP contribution < -0.4 is 5.73 Å². The maximum absolute atomic E-state index is 5.92. The van der Waals surface area contributed by atoms with Crippen LogP contribution in [0.25, 0.3) is 11.3 Å². The molecule has 2 rings (SSSR count). The van der Waals surface area contributed by atoms with E-state index in [4.69, 9.17) is 17.3 Å². The Labute approximate surface area is 86.9 Å². The number of nitrogens with one attached hydrogen (secondary N) is 1. The Morgan fingerprint density at radius 3 is 2.43 bits per heavy atom. The fourth-order valence-electron chi connectivity index (χ4n) is 1.27. The zero-order valence-corrected chi connectivity index (χ0v) is 8.47. The van der Waals surface area contributed by atoms with E-state index in [1.54, 1.807) is 0 Å². The van der Waals surface area contributed by atoms with Crippen molar-refractivity contribution in [2.45, 2.75) is 6.92 Å². The van der Waals surface area contributed by atoms with Crippen LogP contribution in [0.3, 0.4) is 0 Å². The van der Waals surface area contributed by atoms with Gasteiger partial charge in [0.2, 0.25) is 0 Å². The number of nitrogens with zero attached hydrogens (tertiary/aromatic N) is 1. The van der Waals surface area contributed by atoms with E-state index >= 15 is 0 Å². The highest BCUT2D eigenvalue weighted by Crippen LogP contribution is 2.26. The van der Waals surface area contributed by atoms with Crippen LogP contribution >= 0.6 is 11.6 Å². The van der Waals surface area contributed by atoms with Crippen molar-refractivity contribution in [2.24, 2.45) is 0 Å². The first-order chi connectivity index (χ1) is 6.66. The lowest BCUT2D eigenvalue weighted by Crippen LogP contribution is -1.85. The summed E-state index contributed by atoms with van der Waals surface area (Å²) in [6.07, 6.45) is 0. The van der Waals surface area contributed by atoms with Crippen LogP contribution in [-0.2, 0) is 0 Å². The van der Waals surface area contributed by atoms with Gasteiger partial charge in [-0.2, -0.15) is 0 Å². The molecule has 1 aromatic carbocycles. The van der Waals surface area contributed by atoms with Crippen molar-refractivity contribution in [2.75, 3.05) is 5.73 Å². The molecule has 0 saturated heterocycles. The zero-order chi connectivity index (χ0) is 10.1. The molecule has 0 aliphatic heterocycles. The molecule has 3 nitrogen and oxygen atoms in total. The molecule has 2 aromatic rings. The molecule has 0 fully saturated rings. The highest BCUT2D eigenvalue weighted by Gasteiger charge is 2.07. The van der Waals surface area contributed by atoms with E-state index in [9.17, 15) is 0 Å². The molecule has 0 unspecified atom stereocenters. The van der Waals surface area contributed by atoms with Gasteiger partial charge >= 0.3 is 0 Å². The third-order valence-corrected chi connectivity index (χ3v) is 2.28. The van der Waals surface area contributed by atoms with Crippen LogP contribution in [0.5, 0.6) is 0 Å². The van der Waals surface area contributed by atoms with E-state index in [0.29, 0.717) is 16.8 Å². The second-order valence-electron chi connectivity index (χ2n) is 3.15. The summed E-state index contributed by atoms with van der Waals surface area (Å²) in [6, 6.07) is 7.96. The minimum absolute atomic E-state index is 0.338. The summed E-state index contributed by atoms with van der Waals surface area (Å²) in [7, 11) is 0. The molecule has 1 aromatic heterocycles. The fourth-order valence-corrected chi connectivity index (χ4v) is 1.52. The molecule has 4 heteroatoms. The average Bonchev–Trinajstić information content (AvgIpc) is 2.47. The maximum Gasteiger partial charge on any atom is 0.199 e. The Morgan fingerprint density at radius 1 is 1.29 bits per heavy atom. The highest BCUT2D eigenvalue weighted by molar-refractivity contribution is 6.32. The van der Waals surface area contributed by atoms with Crippen LogP contribution in [0, 0.1) is 6.92 Å². The van der Waals surface area contributed by atoms with Gasteiger partial charge in [0.25, 0.3) is 0 Å². The van der Waals surface area contributed by atoms with E-state index in [2.05, 4.69) is 9.97 Å². The number of H-pyrrole nitrogens is 1. The molecule has 14 heavy (non-hydrogen) atoms. The fraction of sp³-hybridized carbons (Fsp3) is 0.100. The smallest absolute Gasteiger partial charge is 0.199 e. The molecule has 0 spiro atoms. The second kappa shape index (κ2) is 3.35. The van der Waals surface area contributed by atoms with E-state index in [1.807, 2.05) is 31.2 Å². The number of nitrogens with two attached hydrogens (primary N) is 1. The summed E-state index contributed by atoms with van der Waals surface area (Å²) < 4.78 is 0. The van der Waals surface area contributed by atoms with Crippen molar-refractivity contribution in [3.05, 3.63) is 35.0 Å². The Kier molecular flexibility index (Phi) is 2.17. The number of aromatic amines is 1. The topological polar surface area (TPSA) is 54.7 Å². The van der Waals surface area contributed by atoms with E-state index in [0.717, 1.165) is 5.56 Å². The quantitative estimate of drug-likeness (QED) is 0.755. The molecule has 1 heterocycles. The summed E-state index contributed by atoms with van der Waals surface area (Å²) in [5.41, 5.74) is 8.36. The Hall–Kier alpha value is -1.48. The number of rotatable bonds is 1. The summed E-state index contributed by atoms with van der Waals surface area (Å²) >= 11 is 5.92. The van der Waals surface area contributed by atoms with Crippen LogP contribution in [-0.4, -0.2) is 9.97 Å². The largest absolute Gasteiger partial charge is 0.369 e. The van der Waals surface area contributed by atoms with Crippen molar-refractivity contribution >= 4 is 17.5 Å². The molecule has 0 bridgehead atoms. The van der Waals surface area contributed by atoms with E-state index < -0.39 is 0 Å². The van der Waals surface area contributed by atoms with Gasteiger partial charge < -0.3 is 10.7 Å². The standard InChI is InChI=1S/C10H10ClN3/c1-6-2-4-7(5-3-6)8-9(11)14-10(12)13-8/h2-5H,1H3,(H3,12,13,14). The summed E-state index contributed by atoms with van der Waals surface area (Å²) in [5.74, 6) is 0.338. The number of aromatic nitrogens is 2. The molecular formula is C10H10ClN3. The third kappa shape index (κ3) is 1.59. The maximum atomic E-state index is 5.92. The van der Waals surface area contributed by atoms with E-state index in [-0.39, 0.29) is 0 Å². The van der Waals surface area contributed by atoms with Crippen LogP contribution in [0.1, 0.15) is 5.56 Å². The predicted molar refractivity (Wildman–Crippen MR) is 58.2 cm³/mol. The number of halogens is 1. The molecular weight excluding hydrogens is 198 g/mol. The number of aryl methyl sites for hydroxylation is 1. The van der Waals surface area contributed by atoms with Crippen LogP contribution in [0.15, 0.2) is 24.3 Å². The van der Waals surface area contributed by atoms with Crippen molar-refractivity contribution in [1.82, 2.24) is 9.97 Å². The van der Waals surface area contributed by atoms with Crippen molar-refractivity contribution in [1.29, 1.82) is 0 Å². The normalized spacial score (nSPS) is 10.4. The molecule has 3 N–H and O–H groups in total.